The summed E-state index contributed by atoms with van der Waals surface area (Å²) in [5, 5.41) is 0. The number of carbonyl (C=O) groups is 2. The Morgan fingerprint density at radius 3 is 2.22 bits per heavy atom. The molecule has 1 aliphatic rings. The van der Waals surface area contributed by atoms with Gasteiger partial charge in [0.1, 0.15) is 16.2 Å². The number of cyclic esters (lactones) is 2. The van der Waals surface area contributed by atoms with Gasteiger partial charge in [0.15, 0.2) is 0 Å². The lowest BCUT2D eigenvalue weighted by Gasteiger charge is -2.29. The summed E-state index contributed by atoms with van der Waals surface area (Å²) in [6.45, 7) is 2.81. The minimum Gasteiger partial charge on any atom is -0.495 e. The molecule has 1 fully saturated rings. The van der Waals surface area contributed by atoms with Crippen molar-refractivity contribution in [1.29, 1.82) is 0 Å². The highest BCUT2D eigenvalue weighted by atomic mass is 32.2. The number of rotatable bonds is 3. The van der Waals surface area contributed by atoms with E-state index in [1.54, 1.807) is 0 Å². The molecule has 0 atom stereocenters. The third kappa shape index (κ3) is 3.69. The van der Waals surface area contributed by atoms with Crippen LogP contribution in [0.5, 0.6) is 5.75 Å². The Morgan fingerprint density at radius 1 is 1.17 bits per heavy atom. The van der Waals surface area contributed by atoms with E-state index >= 15 is 0 Å². The summed E-state index contributed by atoms with van der Waals surface area (Å²) in [7, 11) is -3.30. The van der Waals surface area contributed by atoms with Gasteiger partial charge in [0.05, 0.1) is 7.11 Å². The lowest BCUT2D eigenvalue weighted by Crippen LogP contribution is -2.41. The van der Waals surface area contributed by atoms with E-state index in [0.717, 1.165) is 12.1 Å². The first-order valence-corrected chi connectivity index (χ1v) is 7.81. The van der Waals surface area contributed by atoms with Gasteiger partial charge in [-0.2, -0.15) is 8.42 Å². The average Bonchev–Trinajstić information content (AvgIpc) is 2.40. The molecule has 2 rings (SSSR count). The molecule has 1 heterocycles. The first kappa shape index (κ1) is 17.0. The van der Waals surface area contributed by atoms with Gasteiger partial charge in [0, 0.05) is 13.8 Å². The fourth-order valence-corrected chi connectivity index (χ4v) is 2.62. The van der Waals surface area contributed by atoms with Crippen LogP contribution in [0.2, 0.25) is 0 Å². The fourth-order valence-electron chi connectivity index (χ4n) is 1.93. The largest absolute Gasteiger partial charge is 0.495 e. The zero-order valence-corrected chi connectivity index (χ0v) is 13.3. The third-order valence-electron chi connectivity index (χ3n) is 2.89. The molecule has 8 nitrogen and oxygen atoms in total. The van der Waals surface area contributed by atoms with Crippen LogP contribution in [0.4, 0.5) is 0 Å². The van der Waals surface area contributed by atoms with Crippen LogP contribution >= 0.6 is 0 Å². The maximum atomic E-state index is 11.8. The van der Waals surface area contributed by atoms with Crippen molar-refractivity contribution < 1.29 is 36.8 Å². The van der Waals surface area contributed by atoms with Gasteiger partial charge in [-0.3, -0.25) is 4.55 Å². The van der Waals surface area contributed by atoms with Crippen LogP contribution in [0.15, 0.2) is 28.7 Å². The van der Waals surface area contributed by atoms with Crippen molar-refractivity contribution in [3.05, 3.63) is 29.3 Å². The number of hydrogen-bond donors (Lipinski definition) is 1. The van der Waals surface area contributed by atoms with E-state index in [4.69, 9.17) is 14.2 Å². The molecule has 0 radical (unpaired) electrons. The van der Waals surface area contributed by atoms with Gasteiger partial charge in [0.25, 0.3) is 15.9 Å². The normalized spacial score (nSPS) is 17.3. The van der Waals surface area contributed by atoms with Crippen LogP contribution in [0.25, 0.3) is 6.08 Å². The van der Waals surface area contributed by atoms with Gasteiger partial charge in [0.2, 0.25) is 0 Å². The predicted molar refractivity (Wildman–Crippen MR) is 77.0 cm³/mol. The first-order chi connectivity index (χ1) is 10.5. The lowest BCUT2D eigenvalue weighted by molar-refractivity contribution is -0.222. The van der Waals surface area contributed by atoms with Gasteiger partial charge in [-0.1, -0.05) is 6.07 Å². The maximum Gasteiger partial charge on any atom is 0.348 e. The molecule has 0 aromatic heterocycles. The predicted octanol–water partition coefficient (Wildman–Crippen LogP) is 1.16. The van der Waals surface area contributed by atoms with Crippen LogP contribution in [0.3, 0.4) is 0 Å². The summed E-state index contributed by atoms with van der Waals surface area (Å²) in [6, 6.07) is 3.74. The van der Waals surface area contributed by atoms with E-state index in [-0.39, 0.29) is 11.3 Å². The van der Waals surface area contributed by atoms with E-state index in [2.05, 4.69) is 0 Å². The summed E-state index contributed by atoms with van der Waals surface area (Å²) in [5.41, 5.74) is -0.224. The highest BCUT2D eigenvalue weighted by Gasteiger charge is 2.38. The Balaban J connectivity index is 2.48. The second-order valence-corrected chi connectivity index (χ2v) is 6.51. The SMILES string of the molecule is COc1ccc(C=C2C(=O)OC(C)(C)OC2=O)cc1S(=O)(=O)O. The van der Waals surface area contributed by atoms with Gasteiger partial charge in [-0.05, 0) is 23.8 Å². The molecule has 9 heteroatoms. The lowest BCUT2D eigenvalue weighted by atomic mass is 10.1. The van der Waals surface area contributed by atoms with Crippen molar-refractivity contribution in [2.45, 2.75) is 24.5 Å². The standard InChI is InChI=1S/C14H14O8S/c1-14(2)21-12(15)9(13(16)22-14)6-8-4-5-10(20-3)11(7-8)23(17,18)19/h4-7H,1-3H3,(H,17,18,19). The first-order valence-electron chi connectivity index (χ1n) is 6.37. The summed E-state index contributed by atoms with van der Waals surface area (Å²) in [6.07, 6.45) is 1.11. The number of ether oxygens (including phenoxy) is 3. The van der Waals surface area contributed by atoms with Crippen molar-refractivity contribution in [3.63, 3.8) is 0 Å². The van der Waals surface area contributed by atoms with Crippen LogP contribution in [0.1, 0.15) is 19.4 Å². The summed E-state index contributed by atoms with van der Waals surface area (Å²) in [4.78, 5) is 23.2. The van der Waals surface area contributed by atoms with Crippen molar-refractivity contribution in [3.8, 4) is 5.75 Å². The molecule has 1 N–H and O–H groups in total. The van der Waals surface area contributed by atoms with Crippen LogP contribution < -0.4 is 4.74 Å². The van der Waals surface area contributed by atoms with Gasteiger partial charge in [-0.15, -0.1) is 0 Å². The molecule has 1 aromatic rings. The van der Waals surface area contributed by atoms with E-state index in [1.165, 1.54) is 33.1 Å². The molecule has 0 saturated carbocycles. The molecule has 124 valence electrons. The molecular formula is C14H14O8S. The van der Waals surface area contributed by atoms with Gasteiger partial charge >= 0.3 is 11.9 Å². The Labute approximate surface area is 132 Å². The molecule has 1 aromatic carbocycles. The Kier molecular flexibility index (Phi) is 4.18. The topological polar surface area (TPSA) is 116 Å². The quantitative estimate of drug-likeness (QED) is 0.376. The third-order valence-corrected chi connectivity index (χ3v) is 3.77. The molecule has 0 bridgehead atoms. The van der Waals surface area contributed by atoms with Crippen molar-refractivity contribution in [1.82, 2.24) is 0 Å². The molecule has 1 aliphatic heterocycles. The summed E-state index contributed by atoms with van der Waals surface area (Å²) < 4.78 is 46.6. The Morgan fingerprint density at radius 2 is 1.74 bits per heavy atom. The number of hydrogen-bond acceptors (Lipinski definition) is 7. The van der Waals surface area contributed by atoms with Crippen molar-refractivity contribution >= 4 is 28.1 Å². The fraction of sp³-hybridized carbons (Fsp3) is 0.286. The van der Waals surface area contributed by atoms with Crippen LogP contribution in [0, 0.1) is 0 Å². The minimum absolute atomic E-state index is 0.0791. The maximum absolute atomic E-state index is 11.8. The van der Waals surface area contributed by atoms with Crippen LogP contribution in [-0.4, -0.2) is 37.8 Å². The Bertz CT molecular complexity index is 782. The number of esters is 2. The van der Waals surface area contributed by atoms with E-state index in [9.17, 15) is 22.6 Å². The number of benzene rings is 1. The van der Waals surface area contributed by atoms with E-state index in [0.29, 0.717) is 0 Å². The average molecular weight is 342 g/mol. The second kappa shape index (κ2) is 5.67. The minimum atomic E-state index is -4.54. The molecule has 0 amide bonds. The zero-order chi connectivity index (χ0) is 17.4. The van der Waals surface area contributed by atoms with E-state index < -0.39 is 38.3 Å². The monoisotopic (exact) mass is 342 g/mol. The molecule has 1 saturated heterocycles. The summed E-state index contributed by atoms with van der Waals surface area (Å²) in [5.74, 6) is -3.24. The molecular weight excluding hydrogens is 328 g/mol. The molecule has 0 unspecified atom stereocenters. The van der Waals surface area contributed by atoms with Gasteiger partial charge in [-0.25, -0.2) is 9.59 Å². The zero-order valence-electron chi connectivity index (χ0n) is 12.5. The molecule has 23 heavy (non-hydrogen) atoms. The van der Waals surface area contributed by atoms with Crippen molar-refractivity contribution in [2.24, 2.45) is 0 Å². The number of carbonyl (C=O) groups excluding carboxylic acids is 2. The smallest absolute Gasteiger partial charge is 0.348 e. The summed E-state index contributed by atoms with van der Waals surface area (Å²) >= 11 is 0. The highest BCUT2D eigenvalue weighted by Crippen LogP contribution is 2.28. The second-order valence-electron chi connectivity index (χ2n) is 5.12. The van der Waals surface area contributed by atoms with Crippen LogP contribution in [-0.2, 0) is 29.2 Å². The van der Waals surface area contributed by atoms with E-state index in [1.807, 2.05) is 0 Å². The molecule has 0 aliphatic carbocycles. The highest BCUT2D eigenvalue weighted by molar-refractivity contribution is 7.86. The number of methoxy groups -OCH3 is 1. The Hall–Kier alpha value is -2.39. The van der Waals surface area contributed by atoms with Crippen molar-refractivity contribution in [2.75, 3.05) is 7.11 Å². The van der Waals surface area contributed by atoms with Gasteiger partial charge < -0.3 is 14.2 Å². The molecule has 0 spiro atoms.